The van der Waals surface area contributed by atoms with Crippen LogP contribution in [-0.4, -0.2) is 61.0 Å². The van der Waals surface area contributed by atoms with Crippen LogP contribution < -0.4 is 10.2 Å². The molecule has 0 saturated carbocycles. The van der Waals surface area contributed by atoms with Crippen LogP contribution in [0.4, 0.5) is 10.5 Å². The van der Waals surface area contributed by atoms with Crippen molar-refractivity contribution in [3.8, 4) is 0 Å². The van der Waals surface area contributed by atoms with Crippen molar-refractivity contribution in [3.63, 3.8) is 0 Å². The van der Waals surface area contributed by atoms with Gasteiger partial charge in [0.1, 0.15) is 0 Å². The first-order chi connectivity index (χ1) is 13.0. The van der Waals surface area contributed by atoms with E-state index in [1.165, 1.54) is 10.5 Å². The largest absolute Gasteiger partial charge is 0.465 e. The van der Waals surface area contributed by atoms with E-state index in [4.69, 9.17) is 16.3 Å². The molecule has 0 aromatic heterocycles. The predicted molar refractivity (Wildman–Crippen MR) is 106 cm³/mol. The van der Waals surface area contributed by atoms with E-state index in [1.807, 2.05) is 13.0 Å². The number of nitrogens with one attached hydrogen (secondary N) is 1. The Morgan fingerprint density at radius 1 is 1.33 bits per heavy atom. The number of carboxylic acid groups (broad SMARTS) is 1. The van der Waals surface area contributed by atoms with E-state index >= 15 is 0 Å². The molecule has 3 fully saturated rings. The summed E-state index contributed by atoms with van der Waals surface area (Å²) in [4.78, 5) is 15.1. The first-order valence-electron chi connectivity index (χ1n) is 9.85. The molecule has 0 aliphatic carbocycles. The lowest BCUT2D eigenvalue weighted by molar-refractivity contribution is 0.102. The van der Waals surface area contributed by atoms with Gasteiger partial charge in [-0.2, -0.15) is 0 Å². The molecule has 1 aromatic rings. The molecule has 6 nitrogen and oxygen atoms in total. The summed E-state index contributed by atoms with van der Waals surface area (Å²) in [5.41, 5.74) is 2.34. The monoisotopic (exact) mass is 393 g/mol. The van der Waals surface area contributed by atoms with Gasteiger partial charge in [0.2, 0.25) is 0 Å². The Kier molecular flexibility index (Phi) is 5.48. The highest BCUT2D eigenvalue weighted by molar-refractivity contribution is 6.33. The number of rotatable bonds is 4. The van der Waals surface area contributed by atoms with E-state index in [0.717, 1.165) is 56.4 Å². The van der Waals surface area contributed by atoms with Crippen molar-refractivity contribution in [2.45, 2.75) is 38.4 Å². The van der Waals surface area contributed by atoms with Gasteiger partial charge in [-0.05, 0) is 37.5 Å². The third-order valence-corrected chi connectivity index (χ3v) is 6.63. The number of hydrogen-bond donors (Lipinski definition) is 2. The number of hydrogen-bond acceptors (Lipinski definition) is 4. The van der Waals surface area contributed by atoms with Gasteiger partial charge in [-0.25, -0.2) is 4.79 Å². The molecular formula is C20H28ClN3O3. The molecule has 148 valence electrons. The summed E-state index contributed by atoms with van der Waals surface area (Å²) in [6.07, 6.45) is 0.888. The van der Waals surface area contributed by atoms with Gasteiger partial charge in [0.25, 0.3) is 0 Å². The maximum Gasteiger partial charge on any atom is 0.407 e. The number of piperidine rings is 1. The summed E-state index contributed by atoms with van der Waals surface area (Å²) in [6.45, 7) is 7.13. The normalized spacial score (nSPS) is 30.6. The zero-order chi connectivity index (χ0) is 19.0. The first kappa shape index (κ1) is 18.8. The molecule has 4 rings (SSSR count). The van der Waals surface area contributed by atoms with Crippen LogP contribution in [0.25, 0.3) is 0 Å². The van der Waals surface area contributed by atoms with Crippen LogP contribution in [0, 0.1) is 11.8 Å². The summed E-state index contributed by atoms with van der Waals surface area (Å²) in [6, 6.07) is 6.68. The van der Waals surface area contributed by atoms with Crippen molar-refractivity contribution in [2.24, 2.45) is 11.8 Å². The molecule has 2 N–H and O–H groups in total. The molecular weight excluding hydrogens is 366 g/mol. The number of carbonyl (C=O) groups is 1. The highest BCUT2D eigenvalue weighted by Gasteiger charge is 2.37. The number of fused-ring (bicyclic) bond motifs is 1. The van der Waals surface area contributed by atoms with Crippen LogP contribution >= 0.6 is 11.6 Å². The molecule has 4 unspecified atom stereocenters. The van der Waals surface area contributed by atoms with Gasteiger partial charge in [0, 0.05) is 50.1 Å². The Morgan fingerprint density at radius 3 is 2.74 bits per heavy atom. The van der Waals surface area contributed by atoms with Gasteiger partial charge >= 0.3 is 6.09 Å². The van der Waals surface area contributed by atoms with Crippen molar-refractivity contribution < 1.29 is 14.6 Å². The zero-order valence-corrected chi connectivity index (χ0v) is 16.5. The molecule has 3 aliphatic heterocycles. The maximum absolute atomic E-state index is 11.2. The molecule has 0 bridgehead atoms. The number of nitrogens with zero attached hydrogens (tertiary/aromatic N) is 2. The average molecular weight is 394 g/mol. The summed E-state index contributed by atoms with van der Waals surface area (Å²) in [5.74, 6) is 1.26. The molecule has 3 saturated heterocycles. The van der Waals surface area contributed by atoms with Crippen LogP contribution in [0.2, 0.25) is 5.02 Å². The SMILES string of the molecule is CC1CC(NCc2ccc(Cl)c(N3CC4COCC4C3)c2)CCN1C(=O)O. The number of ether oxygens (including phenoxy) is 1. The number of likely N-dealkylation sites (tertiary alicyclic amines) is 1. The van der Waals surface area contributed by atoms with Crippen LogP contribution in [0.15, 0.2) is 18.2 Å². The fourth-order valence-electron chi connectivity index (χ4n) is 4.70. The molecule has 7 heteroatoms. The van der Waals surface area contributed by atoms with E-state index < -0.39 is 6.09 Å². The fourth-order valence-corrected chi connectivity index (χ4v) is 4.94. The van der Waals surface area contributed by atoms with E-state index in [0.29, 0.717) is 24.4 Å². The summed E-state index contributed by atoms with van der Waals surface area (Å²) >= 11 is 6.49. The molecule has 0 radical (unpaired) electrons. The van der Waals surface area contributed by atoms with Gasteiger partial charge in [-0.3, -0.25) is 0 Å². The lowest BCUT2D eigenvalue weighted by atomic mass is 9.98. The first-order valence-corrected chi connectivity index (χ1v) is 10.2. The minimum Gasteiger partial charge on any atom is -0.465 e. The zero-order valence-electron chi connectivity index (χ0n) is 15.7. The Labute approximate surface area is 165 Å². The third kappa shape index (κ3) is 4.03. The summed E-state index contributed by atoms with van der Waals surface area (Å²) in [7, 11) is 0. The second-order valence-electron chi connectivity index (χ2n) is 8.18. The van der Waals surface area contributed by atoms with Crippen LogP contribution in [0.3, 0.4) is 0 Å². The van der Waals surface area contributed by atoms with Gasteiger partial charge in [-0.15, -0.1) is 0 Å². The number of anilines is 1. The molecule has 3 heterocycles. The summed E-state index contributed by atoms with van der Waals surface area (Å²) < 4.78 is 5.58. The Balaban J connectivity index is 1.36. The highest BCUT2D eigenvalue weighted by atomic mass is 35.5. The minimum absolute atomic E-state index is 0.0563. The Morgan fingerprint density at radius 2 is 2.07 bits per heavy atom. The third-order valence-electron chi connectivity index (χ3n) is 6.31. The topological polar surface area (TPSA) is 65.0 Å². The second-order valence-corrected chi connectivity index (χ2v) is 8.58. The van der Waals surface area contributed by atoms with E-state index in [-0.39, 0.29) is 6.04 Å². The lowest BCUT2D eigenvalue weighted by Crippen LogP contribution is -2.49. The van der Waals surface area contributed by atoms with Crippen LogP contribution in [-0.2, 0) is 11.3 Å². The van der Waals surface area contributed by atoms with Crippen molar-refractivity contribution in [1.29, 1.82) is 0 Å². The standard InChI is InChI=1S/C20H28ClN3O3/c1-13-6-17(4-5-24(13)20(25)26)22-8-14-2-3-18(21)19(7-14)23-9-15-11-27-12-16(15)10-23/h2-3,7,13,15-17,22H,4-6,8-12H2,1H3,(H,25,26). The maximum atomic E-state index is 11.2. The Hall–Kier alpha value is -1.50. The fraction of sp³-hybridized carbons (Fsp3) is 0.650. The van der Waals surface area contributed by atoms with Crippen molar-refractivity contribution in [2.75, 3.05) is 37.7 Å². The van der Waals surface area contributed by atoms with Crippen molar-refractivity contribution >= 4 is 23.4 Å². The van der Waals surface area contributed by atoms with Crippen molar-refractivity contribution in [3.05, 3.63) is 28.8 Å². The van der Waals surface area contributed by atoms with Gasteiger partial charge in [-0.1, -0.05) is 17.7 Å². The van der Waals surface area contributed by atoms with Gasteiger partial charge in [0.05, 0.1) is 23.9 Å². The average Bonchev–Trinajstić information content (AvgIpc) is 3.22. The molecule has 27 heavy (non-hydrogen) atoms. The quantitative estimate of drug-likeness (QED) is 0.823. The Bertz CT molecular complexity index is 689. The highest BCUT2D eigenvalue weighted by Crippen LogP contribution is 2.36. The van der Waals surface area contributed by atoms with Gasteiger partial charge in [0.15, 0.2) is 0 Å². The molecule has 4 atom stereocenters. The van der Waals surface area contributed by atoms with Gasteiger partial charge < -0.3 is 25.0 Å². The van der Waals surface area contributed by atoms with E-state index in [2.05, 4.69) is 22.3 Å². The van der Waals surface area contributed by atoms with E-state index in [9.17, 15) is 9.90 Å². The number of amides is 1. The molecule has 3 aliphatic rings. The predicted octanol–water partition coefficient (Wildman–Crippen LogP) is 3.04. The molecule has 1 aromatic carbocycles. The lowest BCUT2D eigenvalue weighted by Gasteiger charge is -2.36. The second kappa shape index (κ2) is 7.86. The number of benzene rings is 1. The van der Waals surface area contributed by atoms with Crippen LogP contribution in [0.1, 0.15) is 25.3 Å². The minimum atomic E-state index is -0.816. The molecule has 1 amide bonds. The summed E-state index contributed by atoms with van der Waals surface area (Å²) in [5, 5.41) is 13.6. The van der Waals surface area contributed by atoms with Crippen LogP contribution in [0.5, 0.6) is 0 Å². The number of halogens is 1. The van der Waals surface area contributed by atoms with E-state index in [1.54, 1.807) is 0 Å². The van der Waals surface area contributed by atoms with Crippen molar-refractivity contribution in [1.82, 2.24) is 10.2 Å². The smallest absolute Gasteiger partial charge is 0.407 e. The molecule has 0 spiro atoms.